The van der Waals surface area contributed by atoms with Gasteiger partial charge >= 0.3 is 5.97 Å². The summed E-state index contributed by atoms with van der Waals surface area (Å²) in [5.41, 5.74) is 7.91. The maximum absolute atomic E-state index is 12.6. The van der Waals surface area contributed by atoms with E-state index in [1.54, 1.807) is 6.20 Å². The molecule has 0 saturated carbocycles. The van der Waals surface area contributed by atoms with Gasteiger partial charge in [0.15, 0.2) is 0 Å². The standard InChI is InChI=1S/C22H31N5O5S/c1-12(19(28)27-18(8-9-33-3)21(30)26-13(2)22(31)32)25-20(29)16(23)10-14-11-24-17-7-5-4-6-15(14)17/h4-7,11-13,16,18,24H,8-10,23H2,1-3H3,(H,25,29)(H,26,30)(H,27,28)(H,31,32). The lowest BCUT2D eigenvalue weighted by molar-refractivity contribution is -0.141. The summed E-state index contributed by atoms with van der Waals surface area (Å²) in [6.45, 7) is 2.83. The van der Waals surface area contributed by atoms with Gasteiger partial charge in [0.1, 0.15) is 18.1 Å². The van der Waals surface area contributed by atoms with Crippen LogP contribution in [-0.4, -0.2) is 70.0 Å². The molecule has 1 aromatic carbocycles. The van der Waals surface area contributed by atoms with Gasteiger partial charge in [-0.2, -0.15) is 11.8 Å². The van der Waals surface area contributed by atoms with Crippen LogP contribution >= 0.6 is 11.8 Å². The first-order valence-electron chi connectivity index (χ1n) is 10.6. The zero-order valence-electron chi connectivity index (χ0n) is 18.9. The van der Waals surface area contributed by atoms with Crippen LogP contribution in [0.4, 0.5) is 0 Å². The molecule has 4 unspecified atom stereocenters. The number of carboxylic acid groups (broad SMARTS) is 1. The lowest BCUT2D eigenvalue weighted by Gasteiger charge is -2.23. The van der Waals surface area contributed by atoms with Crippen LogP contribution < -0.4 is 21.7 Å². The van der Waals surface area contributed by atoms with Gasteiger partial charge in [0.2, 0.25) is 17.7 Å². The van der Waals surface area contributed by atoms with Crippen molar-refractivity contribution in [2.24, 2.45) is 5.73 Å². The Kier molecular flexibility index (Phi) is 9.74. The van der Waals surface area contributed by atoms with Crippen molar-refractivity contribution in [1.82, 2.24) is 20.9 Å². The maximum Gasteiger partial charge on any atom is 0.325 e. The number of hydrogen-bond donors (Lipinski definition) is 6. The minimum absolute atomic E-state index is 0.288. The average molecular weight is 478 g/mol. The molecule has 4 atom stereocenters. The van der Waals surface area contributed by atoms with E-state index in [2.05, 4.69) is 20.9 Å². The van der Waals surface area contributed by atoms with Crippen molar-refractivity contribution < 1.29 is 24.3 Å². The number of nitrogens with one attached hydrogen (secondary N) is 4. The summed E-state index contributed by atoms with van der Waals surface area (Å²) in [7, 11) is 0. The Balaban J connectivity index is 1.94. The highest BCUT2D eigenvalue weighted by molar-refractivity contribution is 7.98. The summed E-state index contributed by atoms with van der Waals surface area (Å²) in [6, 6.07) is 3.85. The van der Waals surface area contributed by atoms with Crippen molar-refractivity contribution in [3.05, 3.63) is 36.0 Å². The number of amides is 3. The van der Waals surface area contributed by atoms with E-state index in [0.717, 1.165) is 16.5 Å². The van der Waals surface area contributed by atoms with Crippen LogP contribution in [0, 0.1) is 0 Å². The number of rotatable bonds is 12. The summed E-state index contributed by atoms with van der Waals surface area (Å²) in [4.78, 5) is 51.7. The van der Waals surface area contributed by atoms with E-state index in [9.17, 15) is 19.2 Å². The lowest BCUT2D eigenvalue weighted by Crippen LogP contribution is -2.56. The second-order valence-electron chi connectivity index (χ2n) is 7.81. The van der Waals surface area contributed by atoms with Crippen molar-refractivity contribution in [1.29, 1.82) is 0 Å². The first-order chi connectivity index (χ1) is 15.6. The molecule has 1 heterocycles. The maximum atomic E-state index is 12.6. The number of aromatic nitrogens is 1. The van der Waals surface area contributed by atoms with Crippen molar-refractivity contribution in [2.45, 2.75) is 50.9 Å². The van der Waals surface area contributed by atoms with Gasteiger partial charge in [-0.05, 0) is 50.3 Å². The highest BCUT2D eigenvalue weighted by Gasteiger charge is 2.27. The summed E-state index contributed by atoms with van der Waals surface area (Å²) < 4.78 is 0. The molecular weight excluding hydrogens is 446 g/mol. The summed E-state index contributed by atoms with van der Waals surface area (Å²) >= 11 is 1.49. The molecular formula is C22H31N5O5S. The fourth-order valence-corrected chi connectivity index (χ4v) is 3.66. The van der Waals surface area contributed by atoms with Gasteiger partial charge in [-0.1, -0.05) is 18.2 Å². The average Bonchev–Trinajstić information content (AvgIpc) is 3.18. The molecule has 3 amide bonds. The molecule has 11 heteroatoms. The monoisotopic (exact) mass is 477 g/mol. The summed E-state index contributed by atoms with van der Waals surface area (Å²) in [5, 5.41) is 17.5. The first kappa shape index (κ1) is 26.2. The Bertz CT molecular complexity index is 994. The minimum Gasteiger partial charge on any atom is -0.480 e. The second-order valence-corrected chi connectivity index (χ2v) is 8.80. The molecule has 0 bridgehead atoms. The highest BCUT2D eigenvalue weighted by Crippen LogP contribution is 2.18. The zero-order valence-corrected chi connectivity index (χ0v) is 19.7. The third-order valence-corrected chi connectivity index (χ3v) is 5.82. The lowest BCUT2D eigenvalue weighted by atomic mass is 10.0. The Morgan fingerprint density at radius 2 is 1.70 bits per heavy atom. The summed E-state index contributed by atoms with van der Waals surface area (Å²) in [5.74, 6) is -2.25. The molecule has 33 heavy (non-hydrogen) atoms. The molecule has 2 aromatic rings. The van der Waals surface area contributed by atoms with E-state index in [0.29, 0.717) is 12.2 Å². The van der Waals surface area contributed by atoms with Crippen molar-refractivity contribution in [3.63, 3.8) is 0 Å². The number of H-pyrrole nitrogens is 1. The predicted octanol–water partition coefficient (Wildman–Crippen LogP) is 0.370. The number of carbonyl (C=O) groups excluding carboxylic acids is 3. The molecule has 2 rings (SSSR count). The van der Waals surface area contributed by atoms with Crippen molar-refractivity contribution in [2.75, 3.05) is 12.0 Å². The van der Waals surface area contributed by atoms with Gasteiger partial charge in [-0.15, -0.1) is 0 Å². The molecule has 0 radical (unpaired) electrons. The number of thioether (sulfide) groups is 1. The Morgan fingerprint density at radius 1 is 1.03 bits per heavy atom. The number of aromatic amines is 1. The van der Waals surface area contributed by atoms with E-state index in [1.165, 1.54) is 25.6 Å². The Hall–Kier alpha value is -3.05. The van der Waals surface area contributed by atoms with Gasteiger partial charge < -0.3 is 31.8 Å². The third-order valence-electron chi connectivity index (χ3n) is 5.18. The molecule has 0 aliphatic rings. The predicted molar refractivity (Wildman–Crippen MR) is 128 cm³/mol. The van der Waals surface area contributed by atoms with Gasteiger partial charge in [0.25, 0.3) is 0 Å². The first-order valence-corrected chi connectivity index (χ1v) is 12.0. The number of aliphatic carboxylic acids is 1. The number of fused-ring (bicyclic) bond motifs is 1. The number of carbonyl (C=O) groups is 4. The minimum atomic E-state index is -1.18. The fourth-order valence-electron chi connectivity index (χ4n) is 3.19. The smallest absolute Gasteiger partial charge is 0.325 e. The van der Waals surface area contributed by atoms with E-state index >= 15 is 0 Å². The highest BCUT2D eigenvalue weighted by atomic mass is 32.2. The fraction of sp³-hybridized carbons (Fsp3) is 0.455. The van der Waals surface area contributed by atoms with Crippen LogP contribution in [0.15, 0.2) is 30.5 Å². The molecule has 10 nitrogen and oxygen atoms in total. The molecule has 0 aliphatic carbocycles. The van der Waals surface area contributed by atoms with Gasteiger partial charge in [-0.25, -0.2) is 0 Å². The number of benzene rings is 1. The number of para-hydroxylation sites is 1. The van der Waals surface area contributed by atoms with Crippen LogP contribution in [-0.2, 0) is 25.6 Å². The quantitative estimate of drug-likeness (QED) is 0.257. The van der Waals surface area contributed by atoms with Crippen molar-refractivity contribution in [3.8, 4) is 0 Å². The molecule has 0 aliphatic heterocycles. The normalized spacial score (nSPS) is 14.7. The summed E-state index contributed by atoms with van der Waals surface area (Å²) in [6.07, 6.45) is 4.26. The molecule has 0 fully saturated rings. The van der Waals surface area contributed by atoms with E-state index in [-0.39, 0.29) is 6.42 Å². The topological polar surface area (TPSA) is 166 Å². The number of carboxylic acids is 1. The zero-order chi connectivity index (χ0) is 24.5. The van der Waals surface area contributed by atoms with Crippen LogP contribution in [0.2, 0.25) is 0 Å². The SMILES string of the molecule is CSCCC(NC(=O)C(C)NC(=O)C(N)Cc1c[nH]c2ccccc12)C(=O)NC(C)C(=O)O. The van der Waals surface area contributed by atoms with E-state index < -0.39 is 47.9 Å². The van der Waals surface area contributed by atoms with Gasteiger partial charge in [-0.3, -0.25) is 19.2 Å². The Labute approximate surface area is 196 Å². The number of nitrogens with two attached hydrogens (primary N) is 1. The molecule has 0 spiro atoms. The van der Waals surface area contributed by atoms with Crippen molar-refractivity contribution >= 4 is 46.4 Å². The third kappa shape index (κ3) is 7.50. The second kappa shape index (κ2) is 12.3. The Morgan fingerprint density at radius 3 is 2.36 bits per heavy atom. The van der Waals surface area contributed by atoms with Gasteiger partial charge in [0.05, 0.1) is 6.04 Å². The molecule has 7 N–H and O–H groups in total. The van der Waals surface area contributed by atoms with Gasteiger partial charge in [0, 0.05) is 17.1 Å². The van der Waals surface area contributed by atoms with Crippen LogP contribution in [0.3, 0.4) is 0 Å². The molecule has 0 saturated heterocycles. The largest absolute Gasteiger partial charge is 0.480 e. The van der Waals surface area contributed by atoms with E-state index in [1.807, 2.05) is 30.5 Å². The van der Waals surface area contributed by atoms with Crippen LogP contribution in [0.1, 0.15) is 25.8 Å². The molecule has 1 aromatic heterocycles. The number of hydrogen-bond acceptors (Lipinski definition) is 6. The molecule has 180 valence electrons. The van der Waals surface area contributed by atoms with Crippen LogP contribution in [0.5, 0.6) is 0 Å². The van der Waals surface area contributed by atoms with E-state index in [4.69, 9.17) is 10.8 Å². The van der Waals surface area contributed by atoms with Crippen LogP contribution in [0.25, 0.3) is 10.9 Å².